The third kappa shape index (κ3) is 7.40. The van der Waals surface area contributed by atoms with E-state index < -0.39 is 12.1 Å². The van der Waals surface area contributed by atoms with Crippen molar-refractivity contribution in [2.75, 3.05) is 26.2 Å². The molecule has 0 saturated carbocycles. The lowest BCUT2D eigenvalue weighted by molar-refractivity contribution is -0.136. The minimum atomic E-state index is -0.903. The third-order valence-corrected chi connectivity index (χ3v) is 5.82. The Morgan fingerprint density at radius 1 is 1.17 bits per heavy atom. The van der Waals surface area contributed by atoms with E-state index in [1.807, 2.05) is 0 Å². The van der Waals surface area contributed by atoms with Gasteiger partial charge in [0.1, 0.15) is 18.5 Å². The highest BCUT2D eigenvalue weighted by atomic mass is 79.9. The van der Waals surface area contributed by atoms with Crippen LogP contribution in [0.2, 0.25) is 0 Å². The van der Waals surface area contributed by atoms with E-state index in [9.17, 15) is 9.90 Å². The molecule has 0 unspecified atom stereocenters. The molecule has 1 aliphatic heterocycles. The quantitative estimate of drug-likeness (QED) is 0.488. The van der Waals surface area contributed by atoms with Crippen molar-refractivity contribution in [3.8, 4) is 5.75 Å². The van der Waals surface area contributed by atoms with E-state index in [1.165, 1.54) is 5.56 Å². The second-order valence-electron chi connectivity index (χ2n) is 7.73. The van der Waals surface area contributed by atoms with Crippen molar-refractivity contribution in [2.45, 2.75) is 38.0 Å². The Morgan fingerprint density at radius 3 is 2.57 bits per heavy atom. The number of aliphatic hydroxyl groups excluding tert-OH is 1. The van der Waals surface area contributed by atoms with Crippen LogP contribution < -0.4 is 10.1 Å². The van der Waals surface area contributed by atoms with Gasteiger partial charge >= 0.3 is 5.97 Å². The van der Waals surface area contributed by atoms with E-state index in [0.29, 0.717) is 23.9 Å². The fraction of sp³-hybridized carbons (Fsp3) is 0.435. The summed E-state index contributed by atoms with van der Waals surface area (Å²) in [5.41, 5.74) is 1.93. The van der Waals surface area contributed by atoms with Gasteiger partial charge in [-0.3, -0.25) is 9.69 Å². The molecule has 2 aromatic carbocycles. The smallest absolute Gasteiger partial charge is 0.307 e. The molecule has 7 heteroatoms. The second kappa shape index (κ2) is 11.5. The van der Waals surface area contributed by atoms with Crippen LogP contribution in [0.25, 0.3) is 0 Å². The summed E-state index contributed by atoms with van der Waals surface area (Å²) in [5, 5.41) is 22.7. The second-order valence-corrected chi connectivity index (χ2v) is 8.64. The summed E-state index contributed by atoms with van der Waals surface area (Å²) in [6.45, 7) is 3.61. The number of rotatable bonds is 10. The normalized spacial score (nSPS) is 16.3. The fourth-order valence-corrected chi connectivity index (χ4v) is 3.91. The van der Waals surface area contributed by atoms with Crippen molar-refractivity contribution in [3.05, 3.63) is 64.1 Å². The minimum Gasteiger partial charge on any atom is -0.491 e. The van der Waals surface area contributed by atoms with Crippen molar-refractivity contribution >= 4 is 21.9 Å². The van der Waals surface area contributed by atoms with E-state index in [1.54, 1.807) is 24.3 Å². The zero-order valence-electron chi connectivity index (χ0n) is 17.0. The molecule has 1 heterocycles. The lowest BCUT2D eigenvalue weighted by Gasteiger charge is -2.33. The number of carbonyl (C=O) groups is 1. The molecule has 0 bridgehead atoms. The Balaban J connectivity index is 1.35. The lowest BCUT2D eigenvalue weighted by Crippen LogP contribution is -2.45. The van der Waals surface area contributed by atoms with Gasteiger partial charge in [-0.05, 0) is 49.7 Å². The molecule has 1 aliphatic rings. The van der Waals surface area contributed by atoms with Gasteiger partial charge < -0.3 is 20.3 Å². The van der Waals surface area contributed by atoms with Gasteiger partial charge in [-0.25, -0.2) is 0 Å². The zero-order valence-corrected chi connectivity index (χ0v) is 18.6. The minimum absolute atomic E-state index is 0.0939. The zero-order chi connectivity index (χ0) is 21.3. The summed E-state index contributed by atoms with van der Waals surface area (Å²) in [5.74, 6) is -0.389. The highest BCUT2D eigenvalue weighted by molar-refractivity contribution is 9.10. The third-order valence-electron chi connectivity index (χ3n) is 5.29. The van der Waals surface area contributed by atoms with Crippen LogP contribution >= 0.6 is 15.9 Å². The number of carboxylic acid groups (broad SMARTS) is 1. The van der Waals surface area contributed by atoms with Gasteiger partial charge in [0, 0.05) is 29.2 Å². The number of hydrogen-bond donors (Lipinski definition) is 3. The summed E-state index contributed by atoms with van der Waals surface area (Å²) in [6, 6.07) is 15.9. The number of likely N-dealkylation sites (tertiary alicyclic amines) is 1. The number of nitrogens with one attached hydrogen (secondary N) is 1. The fourth-order valence-electron chi connectivity index (χ4n) is 3.64. The summed E-state index contributed by atoms with van der Waals surface area (Å²) >= 11 is 3.47. The molecule has 6 nitrogen and oxygen atoms in total. The van der Waals surface area contributed by atoms with Crippen LogP contribution in [0.4, 0.5) is 0 Å². The highest BCUT2D eigenvalue weighted by Crippen LogP contribution is 2.19. The Morgan fingerprint density at radius 2 is 1.87 bits per heavy atom. The van der Waals surface area contributed by atoms with E-state index in [2.05, 4.69) is 50.4 Å². The molecule has 0 radical (unpaired) electrons. The van der Waals surface area contributed by atoms with E-state index in [0.717, 1.165) is 36.9 Å². The van der Waals surface area contributed by atoms with Gasteiger partial charge in [0.2, 0.25) is 0 Å². The standard InChI is InChI=1S/C23H29BrN2O4/c24-19-7-5-17(6-8-19)15-26-11-9-20(10-12-26)25-14-21(27)16-30-22-4-2-1-3-18(22)13-23(28)29/h1-8,20-21,25,27H,9-16H2,(H,28,29)/t21-/m1/s1. The van der Waals surface area contributed by atoms with Crippen LogP contribution in [0.15, 0.2) is 53.0 Å². The van der Waals surface area contributed by atoms with Gasteiger partial charge in [-0.1, -0.05) is 46.3 Å². The molecule has 2 aromatic rings. The summed E-state index contributed by atoms with van der Waals surface area (Å²) in [4.78, 5) is 13.4. The number of aliphatic hydroxyl groups is 1. The number of para-hydroxylation sites is 1. The molecule has 0 aromatic heterocycles. The van der Waals surface area contributed by atoms with Gasteiger partial charge in [0.05, 0.1) is 6.42 Å². The monoisotopic (exact) mass is 476 g/mol. The molecule has 0 spiro atoms. The molecule has 1 saturated heterocycles. The number of ether oxygens (including phenoxy) is 1. The van der Waals surface area contributed by atoms with Crippen LogP contribution in [0.1, 0.15) is 24.0 Å². The van der Waals surface area contributed by atoms with E-state index >= 15 is 0 Å². The molecule has 0 aliphatic carbocycles. The van der Waals surface area contributed by atoms with Crippen molar-refractivity contribution in [3.63, 3.8) is 0 Å². The molecule has 3 N–H and O–H groups in total. The molecular formula is C23H29BrN2O4. The van der Waals surface area contributed by atoms with Gasteiger partial charge in [-0.2, -0.15) is 0 Å². The Labute approximate surface area is 186 Å². The number of aliphatic carboxylic acids is 1. The average molecular weight is 477 g/mol. The predicted molar refractivity (Wildman–Crippen MR) is 120 cm³/mol. The first-order valence-electron chi connectivity index (χ1n) is 10.3. The number of hydrogen-bond acceptors (Lipinski definition) is 5. The van der Waals surface area contributed by atoms with Gasteiger partial charge in [0.25, 0.3) is 0 Å². The molecule has 3 rings (SSSR count). The molecule has 0 amide bonds. The topological polar surface area (TPSA) is 82.0 Å². The Bertz CT molecular complexity index is 807. The molecule has 30 heavy (non-hydrogen) atoms. The molecular weight excluding hydrogens is 448 g/mol. The first-order valence-corrected chi connectivity index (χ1v) is 11.1. The van der Waals surface area contributed by atoms with Gasteiger partial charge in [-0.15, -0.1) is 0 Å². The number of piperidine rings is 1. The number of halogens is 1. The van der Waals surface area contributed by atoms with Gasteiger partial charge in [0.15, 0.2) is 0 Å². The lowest BCUT2D eigenvalue weighted by atomic mass is 10.0. The average Bonchev–Trinajstić information content (AvgIpc) is 2.74. The van der Waals surface area contributed by atoms with Crippen LogP contribution in [-0.2, 0) is 17.8 Å². The van der Waals surface area contributed by atoms with E-state index in [-0.39, 0.29) is 13.0 Å². The van der Waals surface area contributed by atoms with Crippen LogP contribution in [-0.4, -0.2) is 59.5 Å². The Kier molecular flexibility index (Phi) is 8.69. The number of nitrogens with zero attached hydrogens (tertiary/aromatic N) is 1. The van der Waals surface area contributed by atoms with E-state index in [4.69, 9.17) is 9.84 Å². The van der Waals surface area contributed by atoms with Crippen molar-refractivity contribution in [2.24, 2.45) is 0 Å². The number of carboxylic acids is 1. The highest BCUT2D eigenvalue weighted by Gasteiger charge is 2.20. The maximum atomic E-state index is 11.0. The maximum absolute atomic E-state index is 11.0. The largest absolute Gasteiger partial charge is 0.491 e. The first kappa shape index (κ1) is 22.7. The van der Waals surface area contributed by atoms with Crippen molar-refractivity contribution < 1.29 is 19.7 Å². The van der Waals surface area contributed by atoms with Crippen molar-refractivity contribution in [1.29, 1.82) is 0 Å². The molecule has 1 atom stereocenters. The van der Waals surface area contributed by atoms with Crippen LogP contribution in [0.5, 0.6) is 5.75 Å². The summed E-state index contributed by atoms with van der Waals surface area (Å²) in [6.07, 6.45) is 1.35. The number of benzene rings is 2. The SMILES string of the molecule is O=C(O)Cc1ccccc1OC[C@H](O)CNC1CCN(Cc2ccc(Br)cc2)CC1. The predicted octanol–water partition coefficient (Wildman–Crippen LogP) is 3.07. The van der Waals surface area contributed by atoms with Crippen LogP contribution in [0, 0.1) is 0 Å². The molecule has 1 fully saturated rings. The summed E-state index contributed by atoms with van der Waals surface area (Å²) < 4.78 is 6.77. The molecule has 162 valence electrons. The van der Waals surface area contributed by atoms with Crippen LogP contribution in [0.3, 0.4) is 0 Å². The maximum Gasteiger partial charge on any atom is 0.307 e. The Hall–Kier alpha value is -1.93. The first-order chi connectivity index (χ1) is 14.5. The summed E-state index contributed by atoms with van der Waals surface area (Å²) in [7, 11) is 0. The van der Waals surface area contributed by atoms with Crippen molar-refractivity contribution in [1.82, 2.24) is 10.2 Å².